The van der Waals surface area contributed by atoms with Crippen molar-refractivity contribution >= 4 is 29.3 Å². The van der Waals surface area contributed by atoms with Crippen molar-refractivity contribution in [3.8, 4) is 6.07 Å². The van der Waals surface area contributed by atoms with Crippen LogP contribution in [0.5, 0.6) is 0 Å². The molecule has 3 fully saturated rings. The second-order valence-corrected chi connectivity index (χ2v) is 11.7. The van der Waals surface area contributed by atoms with Gasteiger partial charge in [-0.3, -0.25) is 28.8 Å². The highest BCUT2D eigenvalue weighted by Gasteiger charge is 2.45. The minimum Gasteiger partial charge on any atom is -0.380 e. The summed E-state index contributed by atoms with van der Waals surface area (Å²) < 4.78 is 1.76. The lowest BCUT2D eigenvalue weighted by molar-refractivity contribution is -0.147. The van der Waals surface area contributed by atoms with Crippen LogP contribution in [0.1, 0.15) is 89.9 Å². The molecule has 4 aliphatic rings. The van der Waals surface area contributed by atoms with Crippen LogP contribution in [0.3, 0.4) is 0 Å². The fourth-order valence-electron chi connectivity index (χ4n) is 6.48. The maximum Gasteiger partial charge on any atom is 0.264 e. The number of piperidine rings is 2. The van der Waals surface area contributed by atoms with Gasteiger partial charge in [-0.2, -0.15) is 10.4 Å². The van der Waals surface area contributed by atoms with Crippen LogP contribution in [-0.2, 0) is 16.1 Å². The van der Waals surface area contributed by atoms with Crippen molar-refractivity contribution in [3.63, 3.8) is 0 Å². The number of fused-ring (bicyclic) bond motifs is 1. The number of nitrogens with one attached hydrogen (secondary N) is 2. The van der Waals surface area contributed by atoms with Gasteiger partial charge in [-0.25, -0.2) is 0 Å². The van der Waals surface area contributed by atoms with Crippen molar-refractivity contribution in [2.75, 3.05) is 18.4 Å². The van der Waals surface area contributed by atoms with E-state index in [0.717, 1.165) is 37.0 Å². The van der Waals surface area contributed by atoms with Crippen molar-refractivity contribution in [2.24, 2.45) is 5.41 Å². The van der Waals surface area contributed by atoms with Gasteiger partial charge < -0.3 is 15.5 Å². The minimum absolute atomic E-state index is 0.0168. The number of carbonyl (C=O) groups excluding carboxylic acids is 4. The van der Waals surface area contributed by atoms with Crippen molar-refractivity contribution in [1.82, 2.24) is 24.9 Å². The molecule has 41 heavy (non-hydrogen) atoms. The molecule has 1 atom stereocenters. The van der Waals surface area contributed by atoms with E-state index >= 15 is 0 Å². The zero-order chi connectivity index (χ0) is 28.9. The molecule has 1 saturated carbocycles. The molecule has 4 heterocycles. The third-order valence-corrected chi connectivity index (χ3v) is 9.10. The van der Waals surface area contributed by atoms with E-state index in [1.54, 1.807) is 29.1 Å². The normalized spacial score (nSPS) is 22.2. The monoisotopic (exact) mass is 555 g/mol. The molecule has 11 heteroatoms. The Balaban J connectivity index is 1.15. The lowest BCUT2D eigenvalue weighted by atomic mass is 9.69. The van der Waals surface area contributed by atoms with Crippen molar-refractivity contribution < 1.29 is 19.2 Å². The molecular weight excluding hydrogens is 522 g/mol. The van der Waals surface area contributed by atoms with Crippen LogP contribution in [0.2, 0.25) is 0 Å². The first kappa shape index (κ1) is 26.7. The Bertz CT molecular complexity index is 1510. The number of benzene rings is 1. The van der Waals surface area contributed by atoms with Crippen LogP contribution >= 0.6 is 0 Å². The molecule has 2 aromatic rings. The van der Waals surface area contributed by atoms with Gasteiger partial charge in [0.25, 0.3) is 11.8 Å². The van der Waals surface area contributed by atoms with Gasteiger partial charge in [0.1, 0.15) is 17.8 Å². The van der Waals surface area contributed by atoms with Crippen molar-refractivity contribution in [2.45, 2.75) is 70.5 Å². The van der Waals surface area contributed by atoms with E-state index in [2.05, 4.69) is 35.3 Å². The van der Waals surface area contributed by atoms with Gasteiger partial charge in [-0.15, -0.1) is 0 Å². The Morgan fingerprint density at radius 1 is 1.20 bits per heavy atom. The van der Waals surface area contributed by atoms with Gasteiger partial charge in [-0.1, -0.05) is 26.0 Å². The van der Waals surface area contributed by atoms with E-state index in [-0.39, 0.29) is 35.0 Å². The summed E-state index contributed by atoms with van der Waals surface area (Å²) in [6.07, 6.45) is 6.94. The molecule has 6 rings (SSSR count). The van der Waals surface area contributed by atoms with Gasteiger partial charge >= 0.3 is 0 Å². The number of imide groups is 1. The van der Waals surface area contributed by atoms with Crippen LogP contribution in [0.15, 0.2) is 36.7 Å². The summed E-state index contributed by atoms with van der Waals surface area (Å²) in [6.45, 7) is 7.33. The highest BCUT2D eigenvalue weighted by molar-refractivity contribution is 6.25. The molecule has 1 aliphatic carbocycles. The van der Waals surface area contributed by atoms with E-state index in [0.29, 0.717) is 48.6 Å². The van der Waals surface area contributed by atoms with E-state index in [4.69, 9.17) is 0 Å². The highest BCUT2D eigenvalue weighted by atomic mass is 16.2. The lowest BCUT2D eigenvalue weighted by Crippen LogP contribution is -2.51. The first-order valence-electron chi connectivity index (χ1n) is 14.2. The number of hydrogen-bond donors (Lipinski definition) is 2. The second kappa shape index (κ2) is 10.2. The number of amides is 4. The number of anilines is 1. The van der Waals surface area contributed by atoms with Gasteiger partial charge in [0.15, 0.2) is 0 Å². The summed E-state index contributed by atoms with van der Waals surface area (Å²) in [5, 5.41) is 20.4. The average molecular weight is 556 g/mol. The molecule has 1 aromatic carbocycles. The van der Waals surface area contributed by atoms with Gasteiger partial charge in [0.2, 0.25) is 11.8 Å². The number of allylic oxidation sites excluding steroid dienone is 1. The third-order valence-electron chi connectivity index (χ3n) is 9.10. The maximum absolute atomic E-state index is 13.4. The Morgan fingerprint density at radius 3 is 2.61 bits per heavy atom. The van der Waals surface area contributed by atoms with E-state index in [9.17, 15) is 24.4 Å². The van der Waals surface area contributed by atoms with Crippen LogP contribution in [0, 0.1) is 16.7 Å². The predicted octanol–water partition coefficient (Wildman–Crippen LogP) is 3.11. The summed E-state index contributed by atoms with van der Waals surface area (Å²) >= 11 is 0. The highest BCUT2D eigenvalue weighted by Crippen LogP contribution is 2.42. The molecule has 1 aromatic heterocycles. The first-order chi connectivity index (χ1) is 19.7. The maximum atomic E-state index is 13.4. The Labute approximate surface area is 238 Å². The molecule has 0 spiro atoms. The van der Waals surface area contributed by atoms with Gasteiger partial charge in [-0.05, 0) is 50.7 Å². The minimum atomic E-state index is -0.887. The van der Waals surface area contributed by atoms with Crippen LogP contribution in [-0.4, -0.2) is 62.3 Å². The van der Waals surface area contributed by atoms with Gasteiger partial charge in [0.05, 0.1) is 23.4 Å². The Kier molecular flexibility index (Phi) is 6.64. The Morgan fingerprint density at radius 2 is 1.95 bits per heavy atom. The molecule has 0 bridgehead atoms. The molecule has 2 saturated heterocycles. The number of nitriles is 1. The number of carbonyl (C=O) groups is 4. The first-order valence-corrected chi connectivity index (χ1v) is 14.2. The molecule has 3 aliphatic heterocycles. The molecule has 1 unspecified atom stereocenters. The third kappa shape index (κ3) is 4.47. The fraction of sp³-hybridized carbons (Fsp3) is 0.467. The van der Waals surface area contributed by atoms with Crippen LogP contribution in [0.4, 0.5) is 5.69 Å². The molecule has 212 valence electrons. The van der Waals surface area contributed by atoms with E-state index in [1.165, 1.54) is 0 Å². The quantitative estimate of drug-likeness (QED) is 0.522. The molecular formula is C30H33N7O4. The number of hydrogen-bond acceptors (Lipinski definition) is 7. The van der Waals surface area contributed by atoms with E-state index < -0.39 is 23.8 Å². The fourth-order valence-corrected chi connectivity index (χ4v) is 6.48. The molecule has 11 nitrogen and oxygen atoms in total. The number of nitrogens with zero attached hydrogens (tertiary/aromatic N) is 5. The van der Waals surface area contributed by atoms with Crippen molar-refractivity contribution in [3.05, 3.63) is 59.1 Å². The van der Waals surface area contributed by atoms with Crippen LogP contribution in [0.25, 0.3) is 0 Å². The topological polar surface area (TPSA) is 140 Å². The SMILES string of the molecule is C=C1CCC(N2C(=O)c3cccc(NCc4cnn(C5CCN(C(=O)C6(C)CCC6)CC5)c4C#N)c3C2=O)C(=O)N1. The largest absolute Gasteiger partial charge is 0.380 e. The smallest absolute Gasteiger partial charge is 0.264 e. The second-order valence-electron chi connectivity index (χ2n) is 11.7. The average Bonchev–Trinajstić information content (AvgIpc) is 3.48. The molecule has 4 amide bonds. The summed E-state index contributed by atoms with van der Waals surface area (Å²) in [7, 11) is 0. The van der Waals surface area contributed by atoms with Gasteiger partial charge in [0, 0.05) is 42.0 Å². The molecule has 2 N–H and O–H groups in total. The van der Waals surface area contributed by atoms with Crippen LogP contribution < -0.4 is 10.6 Å². The molecule has 0 radical (unpaired) electrons. The zero-order valence-electron chi connectivity index (χ0n) is 23.1. The lowest BCUT2D eigenvalue weighted by Gasteiger charge is -2.43. The summed E-state index contributed by atoms with van der Waals surface area (Å²) in [5.74, 6) is -1.19. The summed E-state index contributed by atoms with van der Waals surface area (Å²) in [6, 6.07) is 6.39. The van der Waals surface area contributed by atoms with Crippen molar-refractivity contribution in [1.29, 1.82) is 5.26 Å². The summed E-state index contributed by atoms with van der Waals surface area (Å²) in [4.78, 5) is 55.1. The standard InChI is InChI=1S/C30H33N7O4/c1-18-7-8-23(26(38)34-18)36-27(39)21-5-3-6-22(25(21)28(36)40)32-16-19-17-33-37(24(19)15-31)20-9-13-35(14-10-20)29(41)30(2)11-4-12-30/h3,5-6,17,20,23,32H,1,4,7-14,16H2,2H3,(H,34,38). The number of aromatic nitrogens is 2. The number of likely N-dealkylation sites (tertiary alicyclic amines) is 1. The Hall–Kier alpha value is -4.46. The predicted molar refractivity (Wildman–Crippen MR) is 148 cm³/mol. The number of rotatable bonds is 6. The van der Waals surface area contributed by atoms with E-state index in [1.807, 2.05) is 4.90 Å². The summed E-state index contributed by atoms with van der Waals surface area (Å²) in [5.41, 5.74) is 2.38. The zero-order valence-corrected chi connectivity index (χ0v) is 23.1.